The summed E-state index contributed by atoms with van der Waals surface area (Å²) in [7, 11) is -2.91. The van der Waals surface area contributed by atoms with Crippen LogP contribution in [0, 0.1) is 5.41 Å². The summed E-state index contributed by atoms with van der Waals surface area (Å²) >= 11 is 0. The molecule has 4 nitrogen and oxygen atoms in total. The highest BCUT2D eigenvalue weighted by atomic mass is 28.4. The third-order valence-electron chi connectivity index (χ3n) is 3.59. The molecule has 0 saturated carbocycles. The minimum atomic E-state index is -2.91. The van der Waals surface area contributed by atoms with E-state index < -0.39 is 8.56 Å². The van der Waals surface area contributed by atoms with Gasteiger partial charge in [0.15, 0.2) is 5.78 Å². The smallest absolute Gasteiger partial charge is 0.329 e. The number of aryl methyl sites for hydroxylation is 1. The topological polar surface area (TPSA) is 66.8 Å². The highest BCUT2D eigenvalue weighted by molar-refractivity contribution is 6.63. The standard InChI is InChI=1S/C18H30O4Si/c1-18(2,3)17(19)16-10-8-15(9-11-16)7-5-12-22-13-6-14-23(4,20)21/h8-11,20-21H,5-7,12-14H2,1-4H3. The van der Waals surface area contributed by atoms with Gasteiger partial charge in [-0.25, -0.2) is 0 Å². The minimum absolute atomic E-state index is 0.163. The Morgan fingerprint density at radius 3 is 2.17 bits per heavy atom. The van der Waals surface area contributed by atoms with E-state index in [1.165, 1.54) is 12.1 Å². The molecule has 0 radical (unpaired) electrons. The molecule has 1 aromatic rings. The van der Waals surface area contributed by atoms with E-state index in [9.17, 15) is 14.4 Å². The van der Waals surface area contributed by atoms with Gasteiger partial charge in [0.1, 0.15) is 0 Å². The van der Waals surface area contributed by atoms with Crippen molar-refractivity contribution in [2.75, 3.05) is 13.2 Å². The summed E-state index contributed by atoms with van der Waals surface area (Å²) in [6.45, 7) is 8.54. The van der Waals surface area contributed by atoms with Gasteiger partial charge in [0, 0.05) is 24.2 Å². The molecular weight excluding hydrogens is 308 g/mol. The third kappa shape index (κ3) is 8.41. The van der Waals surface area contributed by atoms with Crippen molar-refractivity contribution >= 4 is 14.3 Å². The quantitative estimate of drug-likeness (QED) is 0.412. The van der Waals surface area contributed by atoms with Gasteiger partial charge in [0.2, 0.25) is 0 Å². The Balaban J connectivity index is 2.25. The molecule has 0 heterocycles. The van der Waals surface area contributed by atoms with Crippen LogP contribution in [0.5, 0.6) is 0 Å². The molecule has 2 N–H and O–H groups in total. The second-order valence-corrected chi connectivity index (χ2v) is 10.2. The Bertz CT molecular complexity index is 483. The van der Waals surface area contributed by atoms with Gasteiger partial charge < -0.3 is 14.3 Å². The van der Waals surface area contributed by atoms with Crippen LogP contribution in [0.3, 0.4) is 0 Å². The summed E-state index contributed by atoms with van der Waals surface area (Å²) in [6.07, 6.45) is 2.52. The lowest BCUT2D eigenvalue weighted by atomic mass is 9.86. The van der Waals surface area contributed by atoms with E-state index in [0.29, 0.717) is 25.7 Å². The molecule has 0 amide bonds. The first-order valence-corrected chi connectivity index (χ1v) is 10.9. The van der Waals surface area contributed by atoms with Gasteiger partial charge >= 0.3 is 8.56 Å². The van der Waals surface area contributed by atoms with Gasteiger partial charge in [0.25, 0.3) is 0 Å². The van der Waals surface area contributed by atoms with E-state index in [4.69, 9.17) is 4.74 Å². The minimum Gasteiger partial charge on any atom is -0.411 e. The SMILES string of the molecule is CC(C)(C)C(=O)c1ccc(CCCOCCC[Si](C)(O)O)cc1. The van der Waals surface area contributed by atoms with Crippen molar-refractivity contribution in [3.8, 4) is 0 Å². The Hall–Kier alpha value is -1.01. The lowest BCUT2D eigenvalue weighted by molar-refractivity contribution is 0.0858. The fraction of sp³-hybridized carbons (Fsp3) is 0.611. The molecule has 0 saturated heterocycles. The number of ketones is 1. The number of ether oxygens (including phenoxy) is 1. The van der Waals surface area contributed by atoms with Gasteiger partial charge in [-0.2, -0.15) is 0 Å². The number of Topliss-reactive ketones (excluding diaryl/α,β-unsaturated/α-hetero) is 1. The summed E-state index contributed by atoms with van der Waals surface area (Å²) in [5.41, 5.74) is 1.61. The maximum absolute atomic E-state index is 12.2. The largest absolute Gasteiger partial charge is 0.411 e. The van der Waals surface area contributed by atoms with Crippen molar-refractivity contribution in [2.24, 2.45) is 5.41 Å². The molecule has 23 heavy (non-hydrogen) atoms. The summed E-state index contributed by atoms with van der Waals surface area (Å²) in [4.78, 5) is 30.7. The van der Waals surface area contributed by atoms with E-state index in [2.05, 4.69) is 0 Å². The molecule has 0 aliphatic heterocycles. The number of hydrogen-bond acceptors (Lipinski definition) is 4. The maximum atomic E-state index is 12.2. The highest BCUT2D eigenvalue weighted by Crippen LogP contribution is 2.21. The molecule has 0 fully saturated rings. The van der Waals surface area contributed by atoms with Crippen LogP contribution >= 0.6 is 0 Å². The van der Waals surface area contributed by atoms with Crippen LogP contribution in [0.4, 0.5) is 0 Å². The number of rotatable bonds is 9. The number of benzene rings is 1. The van der Waals surface area contributed by atoms with E-state index >= 15 is 0 Å². The zero-order chi connectivity index (χ0) is 17.5. The Morgan fingerprint density at radius 1 is 1.09 bits per heavy atom. The van der Waals surface area contributed by atoms with E-state index in [0.717, 1.165) is 18.4 Å². The number of carbonyl (C=O) groups is 1. The second kappa shape index (κ2) is 8.73. The van der Waals surface area contributed by atoms with Crippen LogP contribution < -0.4 is 0 Å². The molecular formula is C18H30O4Si. The monoisotopic (exact) mass is 338 g/mol. The van der Waals surface area contributed by atoms with Gasteiger partial charge in [-0.05, 0) is 37.4 Å². The van der Waals surface area contributed by atoms with Crippen molar-refractivity contribution in [2.45, 2.75) is 52.6 Å². The first-order valence-electron chi connectivity index (χ1n) is 8.26. The third-order valence-corrected chi connectivity index (χ3v) is 4.89. The van der Waals surface area contributed by atoms with Crippen LogP contribution in [-0.2, 0) is 11.2 Å². The normalized spacial score (nSPS) is 12.4. The predicted octanol–water partition coefficient (Wildman–Crippen LogP) is 3.31. The molecule has 0 aromatic heterocycles. The summed E-state index contributed by atoms with van der Waals surface area (Å²) in [5, 5.41) is 0. The lowest BCUT2D eigenvalue weighted by Gasteiger charge is -2.16. The molecule has 5 heteroatoms. The van der Waals surface area contributed by atoms with Crippen molar-refractivity contribution in [1.82, 2.24) is 0 Å². The van der Waals surface area contributed by atoms with Gasteiger partial charge in [-0.15, -0.1) is 0 Å². The average Bonchev–Trinajstić information content (AvgIpc) is 2.44. The summed E-state index contributed by atoms with van der Waals surface area (Å²) in [5.74, 6) is 0.163. The zero-order valence-electron chi connectivity index (χ0n) is 14.8. The van der Waals surface area contributed by atoms with Crippen molar-refractivity contribution in [3.05, 3.63) is 35.4 Å². The number of hydrogen-bond donors (Lipinski definition) is 2. The van der Waals surface area contributed by atoms with Crippen LogP contribution in [0.25, 0.3) is 0 Å². The average molecular weight is 339 g/mol. The van der Waals surface area contributed by atoms with Crippen LogP contribution in [0.1, 0.15) is 49.5 Å². The van der Waals surface area contributed by atoms with Crippen molar-refractivity contribution < 1.29 is 19.1 Å². The highest BCUT2D eigenvalue weighted by Gasteiger charge is 2.22. The Morgan fingerprint density at radius 2 is 1.65 bits per heavy atom. The van der Waals surface area contributed by atoms with E-state index in [1.54, 1.807) is 0 Å². The maximum Gasteiger partial charge on any atom is 0.329 e. The molecule has 1 aromatic carbocycles. The molecule has 0 spiro atoms. The Labute approximate surface area is 140 Å². The van der Waals surface area contributed by atoms with E-state index in [-0.39, 0.29) is 11.2 Å². The van der Waals surface area contributed by atoms with Crippen molar-refractivity contribution in [3.63, 3.8) is 0 Å². The second-order valence-electron chi connectivity index (χ2n) is 7.31. The molecule has 0 bridgehead atoms. The van der Waals surface area contributed by atoms with Gasteiger partial charge in [0.05, 0.1) is 0 Å². The molecule has 0 aliphatic rings. The fourth-order valence-corrected chi connectivity index (χ4v) is 3.06. The van der Waals surface area contributed by atoms with Gasteiger partial charge in [-0.3, -0.25) is 4.79 Å². The summed E-state index contributed by atoms with van der Waals surface area (Å²) < 4.78 is 5.50. The van der Waals surface area contributed by atoms with Crippen LogP contribution in [-0.4, -0.2) is 37.1 Å². The summed E-state index contributed by atoms with van der Waals surface area (Å²) in [6, 6.07) is 8.27. The molecule has 0 aliphatic carbocycles. The van der Waals surface area contributed by atoms with Gasteiger partial charge in [-0.1, -0.05) is 45.0 Å². The predicted molar refractivity (Wildman–Crippen MR) is 94.8 cm³/mol. The Kier molecular flexibility index (Phi) is 7.60. The first-order chi connectivity index (χ1) is 10.6. The van der Waals surface area contributed by atoms with Crippen molar-refractivity contribution in [1.29, 1.82) is 0 Å². The van der Waals surface area contributed by atoms with E-state index in [1.807, 2.05) is 45.0 Å². The molecule has 0 unspecified atom stereocenters. The molecule has 130 valence electrons. The van der Waals surface area contributed by atoms with Crippen LogP contribution in [0.15, 0.2) is 24.3 Å². The lowest BCUT2D eigenvalue weighted by Crippen LogP contribution is -2.29. The number of carbonyl (C=O) groups excluding carboxylic acids is 1. The first kappa shape index (κ1) is 20.0. The zero-order valence-corrected chi connectivity index (χ0v) is 15.8. The fourth-order valence-electron chi connectivity index (χ4n) is 2.25. The van der Waals surface area contributed by atoms with Crippen LogP contribution in [0.2, 0.25) is 12.6 Å². The molecule has 1 rings (SSSR count). The molecule has 0 atom stereocenters.